The summed E-state index contributed by atoms with van der Waals surface area (Å²) in [7, 11) is 0. The molecule has 1 aromatic rings. The van der Waals surface area contributed by atoms with E-state index >= 15 is 0 Å². The molecule has 1 heterocycles. The number of carbonyl (C=O) groups is 1. The summed E-state index contributed by atoms with van der Waals surface area (Å²) in [5, 5.41) is 2.85. The molecule has 0 saturated carbocycles. The molecule has 0 bridgehead atoms. The zero-order valence-electron chi connectivity index (χ0n) is 9.03. The minimum absolute atomic E-state index is 0.00778. The molecule has 0 saturated heterocycles. The van der Waals surface area contributed by atoms with Gasteiger partial charge in [-0.2, -0.15) is 0 Å². The lowest BCUT2D eigenvalue weighted by Gasteiger charge is -2.10. The van der Waals surface area contributed by atoms with Crippen LogP contribution in [0.25, 0.3) is 0 Å². The first-order valence-electron chi connectivity index (χ1n) is 5.24. The molecule has 3 N–H and O–H groups in total. The first kappa shape index (κ1) is 11.8. The second-order valence-electron chi connectivity index (χ2n) is 3.60. The van der Waals surface area contributed by atoms with E-state index in [2.05, 4.69) is 5.32 Å². The molecule has 0 aromatic carbocycles. The minimum Gasteiger partial charge on any atom is -0.469 e. The maximum absolute atomic E-state index is 11.5. The van der Waals surface area contributed by atoms with E-state index in [0.29, 0.717) is 13.1 Å². The van der Waals surface area contributed by atoms with Crippen LogP contribution >= 0.6 is 0 Å². The highest BCUT2D eigenvalue weighted by atomic mass is 16.3. The fourth-order valence-corrected chi connectivity index (χ4v) is 1.32. The van der Waals surface area contributed by atoms with Gasteiger partial charge in [0.15, 0.2) is 0 Å². The molecule has 4 nitrogen and oxygen atoms in total. The van der Waals surface area contributed by atoms with Gasteiger partial charge < -0.3 is 15.5 Å². The molecular weight excluding hydrogens is 192 g/mol. The largest absolute Gasteiger partial charge is 0.469 e. The van der Waals surface area contributed by atoms with Crippen molar-refractivity contribution in [2.75, 3.05) is 13.1 Å². The molecule has 1 atom stereocenters. The van der Waals surface area contributed by atoms with Crippen LogP contribution in [0, 0.1) is 5.92 Å². The number of carbonyl (C=O) groups excluding carboxylic acids is 1. The molecule has 0 fully saturated rings. The summed E-state index contributed by atoms with van der Waals surface area (Å²) in [6, 6.07) is 3.74. The van der Waals surface area contributed by atoms with Crippen LogP contribution in [-0.4, -0.2) is 19.0 Å². The predicted molar refractivity (Wildman–Crippen MR) is 58.3 cm³/mol. The molecule has 1 unspecified atom stereocenters. The van der Waals surface area contributed by atoms with Crippen molar-refractivity contribution in [1.82, 2.24) is 5.32 Å². The van der Waals surface area contributed by atoms with Gasteiger partial charge in [0.25, 0.3) is 0 Å². The van der Waals surface area contributed by atoms with Gasteiger partial charge in [-0.05, 0) is 25.1 Å². The molecule has 15 heavy (non-hydrogen) atoms. The standard InChI is InChI=1S/C11H18N2O2/c1-9(4-6-12)11(14)13-7-5-10-3-2-8-15-10/h2-3,8-9H,4-7,12H2,1H3,(H,13,14). The molecule has 0 spiro atoms. The molecule has 0 aliphatic carbocycles. The van der Waals surface area contributed by atoms with Crippen molar-refractivity contribution < 1.29 is 9.21 Å². The average Bonchev–Trinajstić information content (AvgIpc) is 2.71. The summed E-state index contributed by atoms with van der Waals surface area (Å²) in [5.41, 5.74) is 5.38. The Morgan fingerprint density at radius 1 is 1.67 bits per heavy atom. The normalized spacial score (nSPS) is 12.4. The maximum atomic E-state index is 11.5. The lowest BCUT2D eigenvalue weighted by Crippen LogP contribution is -2.31. The average molecular weight is 210 g/mol. The number of amides is 1. The Morgan fingerprint density at radius 2 is 2.47 bits per heavy atom. The topological polar surface area (TPSA) is 68.3 Å². The van der Waals surface area contributed by atoms with Crippen molar-refractivity contribution >= 4 is 5.91 Å². The fraction of sp³-hybridized carbons (Fsp3) is 0.545. The maximum Gasteiger partial charge on any atom is 0.222 e. The Bertz CT molecular complexity index is 283. The Morgan fingerprint density at radius 3 is 3.07 bits per heavy atom. The van der Waals surface area contributed by atoms with E-state index in [4.69, 9.17) is 10.2 Å². The molecule has 0 aliphatic heterocycles. The third kappa shape index (κ3) is 4.16. The van der Waals surface area contributed by atoms with Crippen molar-refractivity contribution in [1.29, 1.82) is 0 Å². The Kier molecular flexibility index (Phi) is 4.90. The van der Waals surface area contributed by atoms with Gasteiger partial charge in [-0.25, -0.2) is 0 Å². The number of nitrogens with one attached hydrogen (secondary N) is 1. The monoisotopic (exact) mass is 210 g/mol. The van der Waals surface area contributed by atoms with Gasteiger partial charge >= 0.3 is 0 Å². The van der Waals surface area contributed by atoms with Gasteiger partial charge in [-0.15, -0.1) is 0 Å². The van der Waals surface area contributed by atoms with Crippen LogP contribution in [0.1, 0.15) is 19.1 Å². The lowest BCUT2D eigenvalue weighted by molar-refractivity contribution is -0.124. The molecule has 0 aliphatic rings. The lowest BCUT2D eigenvalue weighted by atomic mass is 10.1. The number of rotatable bonds is 6. The van der Waals surface area contributed by atoms with Crippen LogP contribution < -0.4 is 11.1 Å². The highest BCUT2D eigenvalue weighted by Crippen LogP contribution is 2.01. The van der Waals surface area contributed by atoms with Gasteiger partial charge in [0.1, 0.15) is 5.76 Å². The Labute approximate surface area is 89.8 Å². The number of hydrogen-bond acceptors (Lipinski definition) is 3. The molecule has 0 radical (unpaired) electrons. The van der Waals surface area contributed by atoms with Crippen molar-refractivity contribution in [3.63, 3.8) is 0 Å². The molecular formula is C11H18N2O2. The quantitative estimate of drug-likeness (QED) is 0.733. The summed E-state index contributed by atoms with van der Waals surface area (Å²) in [5.74, 6) is 0.945. The van der Waals surface area contributed by atoms with E-state index in [-0.39, 0.29) is 11.8 Å². The van der Waals surface area contributed by atoms with Crippen molar-refractivity contribution in [2.45, 2.75) is 19.8 Å². The Hall–Kier alpha value is -1.29. The number of furan rings is 1. The van der Waals surface area contributed by atoms with Gasteiger partial charge in [0.05, 0.1) is 6.26 Å². The van der Waals surface area contributed by atoms with E-state index < -0.39 is 0 Å². The van der Waals surface area contributed by atoms with E-state index in [1.165, 1.54) is 0 Å². The van der Waals surface area contributed by atoms with Crippen LogP contribution in [0.2, 0.25) is 0 Å². The minimum atomic E-state index is -0.00778. The van der Waals surface area contributed by atoms with Crippen LogP contribution in [0.4, 0.5) is 0 Å². The van der Waals surface area contributed by atoms with Crippen molar-refractivity contribution in [3.8, 4) is 0 Å². The van der Waals surface area contributed by atoms with E-state index in [9.17, 15) is 4.79 Å². The second kappa shape index (κ2) is 6.24. The van der Waals surface area contributed by atoms with Gasteiger partial charge in [0, 0.05) is 18.9 Å². The van der Waals surface area contributed by atoms with Gasteiger partial charge in [0.2, 0.25) is 5.91 Å². The van der Waals surface area contributed by atoms with Crippen molar-refractivity contribution in [2.24, 2.45) is 11.7 Å². The second-order valence-corrected chi connectivity index (χ2v) is 3.60. The highest BCUT2D eigenvalue weighted by Gasteiger charge is 2.10. The zero-order chi connectivity index (χ0) is 11.1. The first-order chi connectivity index (χ1) is 7.24. The molecule has 84 valence electrons. The predicted octanol–water partition coefficient (Wildman–Crippen LogP) is 0.923. The summed E-state index contributed by atoms with van der Waals surface area (Å²) in [4.78, 5) is 11.5. The Balaban J connectivity index is 2.17. The van der Waals surface area contributed by atoms with E-state index in [1.54, 1.807) is 6.26 Å². The van der Waals surface area contributed by atoms with Crippen molar-refractivity contribution in [3.05, 3.63) is 24.2 Å². The molecule has 4 heteroatoms. The third-order valence-corrected chi connectivity index (χ3v) is 2.30. The summed E-state index contributed by atoms with van der Waals surface area (Å²) >= 11 is 0. The number of hydrogen-bond donors (Lipinski definition) is 2. The van der Waals surface area contributed by atoms with Crippen LogP contribution in [0.5, 0.6) is 0 Å². The van der Waals surface area contributed by atoms with E-state index in [1.807, 2.05) is 19.1 Å². The zero-order valence-corrected chi connectivity index (χ0v) is 9.03. The smallest absolute Gasteiger partial charge is 0.222 e. The number of nitrogens with two attached hydrogens (primary N) is 1. The first-order valence-corrected chi connectivity index (χ1v) is 5.24. The third-order valence-electron chi connectivity index (χ3n) is 2.30. The summed E-state index contributed by atoms with van der Waals surface area (Å²) in [6.07, 6.45) is 3.09. The van der Waals surface area contributed by atoms with Crippen LogP contribution in [-0.2, 0) is 11.2 Å². The van der Waals surface area contributed by atoms with Gasteiger partial charge in [-0.3, -0.25) is 4.79 Å². The molecule has 1 rings (SSSR count). The molecule has 1 aromatic heterocycles. The molecule has 1 amide bonds. The van der Waals surface area contributed by atoms with Crippen LogP contribution in [0.15, 0.2) is 22.8 Å². The van der Waals surface area contributed by atoms with Crippen LogP contribution in [0.3, 0.4) is 0 Å². The summed E-state index contributed by atoms with van der Waals surface area (Å²) < 4.78 is 5.15. The SMILES string of the molecule is CC(CCN)C(=O)NCCc1ccco1. The highest BCUT2D eigenvalue weighted by molar-refractivity contribution is 5.78. The van der Waals surface area contributed by atoms with Gasteiger partial charge in [-0.1, -0.05) is 6.92 Å². The van der Waals surface area contributed by atoms with E-state index in [0.717, 1.165) is 18.6 Å². The summed E-state index contributed by atoms with van der Waals surface area (Å²) in [6.45, 7) is 3.04. The fourth-order valence-electron chi connectivity index (χ4n) is 1.32.